The smallest absolute Gasteiger partial charge is 0.340 e. The third-order valence-corrected chi connectivity index (χ3v) is 2.65. The number of carbonyl (C=O) groups is 1. The Hall–Kier alpha value is -1.27. The van der Waals surface area contributed by atoms with E-state index in [1.54, 1.807) is 6.92 Å². The monoisotopic (exact) mass is 245 g/mol. The Labute approximate surface area is 94.7 Å². The summed E-state index contributed by atoms with van der Waals surface area (Å²) in [5.41, 5.74) is 0.609. The highest BCUT2D eigenvalue weighted by molar-refractivity contribution is 7.78. The van der Waals surface area contributed by atoms with Crippen molar-refractivity contribution in [2.24, 2.45) is 0 Å². The number of hydrogen-bond donors (Lipinski definition) is 0. The summed E-state index contributed by atoms with van der Waals surface area (Å²) in [7, 11) is 1.13. The molecule has 0 fully saturated rings. The molecule has 0 radical (unpaired) electrons. The van der Waals surface area contributed by atoms with Crippen molar-refractivity contribution in [3.05, 3.63) is 34.6 Å². The molecule has 1 aromatic carbocycles. The highest BCUT2D eigenvalue weighted by Crippen LogP contribution is 2.17. The van der Waals surface area contributed by atoms with E-state index in [1.165, 1.54) is 6.07 Å². The lowest BCUT2D eigenvalue weighted by atomic mass is 10.1. The molecule has 1 unspecified atom stereocenters. The van der Waals surface area contributed by atoms with Crippen LogP contribution in [0.15, 0.2) is 12.1 Å². The molecule has 0 amide bonds. The molecular weight excluding hydrogens is 235 g/mol. The van der Waals surface area contributed by atoms with Gasteiger partial charge in [0.2, 0.25) is 0 Å². The van der Waals surface area contributed by atoms with Gasteiger partial charge in [0.15, 0.2) is 0 Å². The Bertz CT molecular complexity index is 445. The molecule has 0 bridgehead atoms. The van der Waals surface area contributed by atoms with Crippen molar-refractivity contribution in [1.82, 2.24) is 0 Å². The van der Waals surface area contributed by atoms with Crippen molar-refractivity contribution in [3.63, 3.8) is 0 Å². The maximum absolute atomic E-state index is 13.4. The van der Waals surface area contributed by atoms with Crippen LogP contribution in [0.2, 0.25) is 0 Å². The van der Waals surface area contributed by atoms with Crippen molar-refractivity contribution >= 4 is 17.0 Å². The van der Waals surface area contributed by atoms with Crippen LogP contribution in [0.25, 0.3) is 0 Å². The fraction of sp³-hybridized carbons (Fsp3) is 0.300. The van der Waals surface area contributed by atoms with E-state index < -0.39 is 22.9 Å². The van der Waals surface area contributed by atoms with Gasteiger partial charge in [-0.05, 0) is 30.2 Å². The molecule has 0 saturated carbocycles. The van der Waals surface area contributed by atoms with E-state index in [4.69, 9.17) is 0 Å². The molecule has 0 aliphatic rings. The highest BCUT2D eigenvalue weighted by Gasteiger charge is 2.14. The predicted octanol–water partition coefficient (Wildman–Crippen LogP) is 1.30. The van der Waals surface area contributed by atoms with Crippen LogP contribution in [-0.2, 0) is 21.6 Å². The molecule has 88 valence electrons. The van der Waals surface area contributed by atoms with E-state index in [1.807, 2.05) is 0 Å². The molecule has 1 atom stereocenters. The lowest BCUT2D eigenvalue weighted by molar-refractivity contribution is 0.0595. The Morgan fingerprint density at radius 1 is 1.56 bits per heavy atom. The zero-order chi connectivity index (χ0) is 12.3. The van der Waals surface area contributed by atoms with Crippen LogP contribution < -0.4 is 0 Å². The Morgan fingerprint density at radius 3 is 2.69 bits per heavy atom. The summed E-state index contributed by atoms with van der Waals surface area (Å²) in [4.78, 5) is 11.2. The number of ether oxygens (including phenoxy) is 1. The van der Waals surface area contributed by atoms with Gasteiger partial charge in [0.1, 0.15) is 5.82 Å². The maximum Gasteiger partial charge on any atom is 0.340 e. The third kappa shape index (κ3) is 2.86. The standard InChI is InChI=1S/C10H11FO4S/c1-6-3-9(11)8(10(12)15-2)4-7(6)5-16(13)14/h3-4H,5H2,1-2H3,(H,13,14)/p-1. The Morgan fingerprint density at radius 2 is 2.19 bits per heavy atom. The fourth-order valence-electron chi connectivity index (χ4n) is 1.27. The number of esters is 1. The summed E-state index contributed by atoms with van der Waals surface area (Å²) in [6.45, 7) is 1.58. The second-order valence-corrected chi connectivity index (χ2v) is 4.09. The van der Waals surface area contributed by atoms with E-state index in [2.05, 4.69) is 4.74 Å². The number of carbonyl (C=O) groups excluding carboxylic acids is 1. The average molecular weight is 245 g/mol. The summed E-state index contributed by atoms with van der Waals surface area (Å²) in [6.07, 6.45) is 0. The van der Waals surface area contributed by atoms with Gasteiger partial charge < -0.3 is 9.29 Å². The number of rotatable bonds is 3. The summed E-state index contributed by atoms with van der Waals surface area (Å²) in [5, 5.41) is 0. The zero-order valence-corrected chi connectivity index (χ0v) is 9.60. The normalized spacial score (nSPS) is 12.2. The first-order chi connectivity index (χ1) is 7.45. The minimum absolute atomic E-state index is 0.254. The largest absolute Gasteiger partial charge is 0.772 e. The molecule has 0 aliphatic carbocycles. The molecule has 0 aromatic heterocycles. The van der Waals surface area contributed by atoms with Crippen LogP contribution in [0.1, 0.15) is 21.5 Å². The van der Waals surface area contributed by atoms with Crippen LogP contribution in [-0.4, -0.2) is 21.8 Å². The summed E-state index contributed by atoms with van der Waals surface area (Å²) in [6, 6.07) is 2.32. The quantitative estimate of drug-likeness (QED) is 0.594. The summed E-state index contributed by atoms with van der Waals surface area (Å²) >= 11 is -2.28. The number of benzene rings is 1. The van der Waals surface area contributed by atoms with Crippen molar-refractivity contribution in [2.45, 2.75) is 12.7 Å². The average Bonchev–Trinajstić information content (AvgIpc) is 2.20. The van der Waals surface area contributed by atoms with Crippen molar-refractivity contribution in [2.75, 3.05) is 7.11 Å². The van der Waals surface area contributed by atoms with Gasteiger partial charge in [-0.1, -0.05) is 11.1 Å². The summed E-state index contributed by atoms with van der Waals surface area (Å²) < 4.78 is 38.8. The van der Waals surface area contributed by atoms with Gasteiger partial charge >= 0.3 is 5.97 Å². The fourth-order valence-corrected chi connectivity index (χ4v) is 1.83. The number of aryl methyl sites for hydroxylation is 1. The number of hydrogen-bond acceptors (Lipinski definition) is 4. The molecule has 0 saturated heterocycles. The van der Waals surface area contributed by atoms with Crippen LogP contribution in [0.5, 0.6) is 0 Å². The zero-order valence-electron chi connectivity index (χ0n) is 8.78. The second-order valence-electron chi connectivity index (χ2n) is 3.20. The topological polar surface area (TPSA) is 66.4 Å². The lowest BCUT2D eigenvalue weighted by Crippen LogP contribution is -2.07. The van der Waals surface area contributed by atoms with Gasteiger partial charge in [0.25, 0.3) is 0 Å². The Balaban J connectivity index is 3.21. The van der Waals surface area contributed by atoms with Crippen LogP contribution in [0, 0.1) is 12.7 Å². The van der Waals surface area contributed by atoms with Crippen LogP contribution >= 0.6 is 0 Å². The van der Waals surface area contributed by atoms with Gasteiger partial charge in [0.05, 0.1) is 12.7 Å². The molecule has 6 heteroatoms. The van der Waals surface area contributed by atoms with E-state index >= 15 is 0 Å². The number of methoxy groups -OCH3 is 1. The van der Waals surface area contributed by atoms with Gasteiger partial charge in [-0.3, -0.25) is 4.21 Å². The SMILES string of the molecule is COC(=O)c1cc(CS(=O)[O-])c(C)cc1F. The lowest BCUT2D eigenvalue weighted by Gasteiger charge is -2.10. The number of halogens is 1. The first-order valence-corrected chi connectivity index (χ1v) is 5.63. The van der Waals surface area contributed by atoms with E-state index in [-0.39, 0.29) is 11.3 Å². The van der Waals surface area contributed by atoms with Crippen molar-refractivity contribution in [3.8, 4) is 0 Å². The first-order valence-electron chi connectivity index (χ1n) is 4.39. The second kappa shape index (κ2) is 5.18. The minimum atomic E-state index is -2.28. The highest BCUT2D eigenvalue weighted by atomic mass is 32.2. The molecular formula is C10H10FO4S-. The van der Waals surface area contributed by atoms with E-state index in [9.17, 15) is 17.9 Å². The molecule has 0 heterocycles. The van der Waals surface area contributed by atoms with Crippen molar-refractivity contribution < 1.29 is 22.7 Å². The predicted molar refractivity (Wildman–Crippen MR) is 55.1 cm³/mol. The summed E-state index contributed by atoms with van der Waals surface area (Å²) in [5.74, 6) is -1.80. The van der Waals surface area contributed by atoms with Gasteiger partial charge in [0, 0.05) is 5.75 Å². The van der Waals surface area contributed by atoms with E-state index in [0.717, 1.165) is 13.2 Å². The van der Waals surface area contributed by atoms with Gasteiger partial charge in [-0.15, -0.1) is 0 Å². The molecule has 1 aromatic rings. The Kier molecular flexibility index (Phi) is 4.14. The van der Waals surface area contributed by atoms with Gasteiger partial charge in [-0.25, -0.2) is 9.18 Å². The molecule has 16 heavy (non-hydrogen) atoms. The molecule has 0 aliphatic heterocycles. The van der Waals surface area contributed by atoms with Crippen molar-refractivity contribution in [1.29, 1.82) is 0 Å². The van der Waals surface area contributed by atoms with Crippen LogP contribution in [0.3, 0.4) is 0 Å². The molecule has 4 nitrogen and oxygen atoms in total. The van der Waals surface area contributed by atoms with Crippen LogP contribution in [0.4, 0.5) is 4.39 Å². The maximum atomic E-state index is 13.4. The molecule has 0 spiro atoms. The molecule has 0 N–H and O–H groups in total. The molecule has 1 rings (SSSR count). The third-order valence-electron chi connectivity index (χ3n) is 2.10. The van der Waals surface area contributed by atoms with E-state index in [0.29, 0.717) is 11.1 Å². The van der Waals surface area contributed by atoms with Gasteiger partial charge in [-0.2, -0.15) is 0 Å². The minimum Gasteiger partial charge on any atom is -0.772 e. The first kappa shape index (κ1) is 12.8.